The van der Waals surface area contributed by atoms with Crippen molar-refractivity contribution >= 4 is 108 Å². The smallest absolute Gasteiger partial charge is 0.164 e. The average molecular weight is 1220 g/mol. The number of halogens is 1. The average Bonchev–Trinajstić information content (AvgIpc) is 4.54. The second kappa shape index (κ2) is 22.3. The summed E-state index contributed by atoms with van der Waals surface area (Å²) in [5, 5.41) is 3.01. The molecule has 442 valence electrons. The Balaban J connectivity index is 0.737. The zero-order valence-electron chi connectivity index (χ0n) is 47.6. The third-order valence-electron chi connectivity index (χ3n) is 17.0. The van der Waals surface area contributed by atoms with E-state index in [1.165, 1.54) is 0 Å². The SMILES string of the molecule is C[C@@H]1COCCN1c1cc(N=S2(=O)CC(C3CN(c4cc(N=S5(=O)CCC(CS(C)(=O)=Nc6cc(N7CCOC[C@H]7C)cc(-c7cc(Cl)nc8[nH]ccc78)n6)C5)nc(-c5ccnc6[nH]ccc56)c4)[C@H](C)CO3)C2)nc(-c2ccnc3[nH]ccc23)c1. The molecule has 14 heterocycles. The number of ether oxygens (including phenoxy) is 3. The first-order valence-electron chi connectivity index (χ1n) is 28.8. The first-order chi connectivity index (χ1) is 41.1. The van der Waals surface area contributed by atoms with E-state index in [9.17, 15) is 8.42 Å². The van der Waals surface area contributed by atoms with Crippen molar-refractivity contribution in [1.82, 2.24) is 44.9 Å². The number of nitrogens with one attached hydrogen (secondary N) is 3. The van der Waals surface area contributed by atoms with Crippen LogP contribution in [0.25, 0.3) is 66.9 Å². The molecule has 7 atom stereocenters. The number of aromatic nitrogens is 9. The standard InChI is InChI=1S/C60H66ClN15O6S3/c1-36-29-80-18-16-74(36)41-21-50(44-5-11-62-58-46(44)7-13-64-58)68-57(25-41)73-85(79)34-40(35-85)53-28-76(38(3)31-82-53)43-23-51(45-6-12-63-59-47(45)8-14-65-59)67-56(26-43)72-84(78)20-10-39(33-84)32-83(4,77)71-55-24-42(75-17-19-81-30-37(75)2)22-52(69-55)49-27-54(61)70-60-48(49)9-15-66-60/h5-9,11-15,21-27,36-40,53H,10,16-20,28-35H2,1-4H3,(H,62,64)(H,63,65)(H,66,70)/t36-,37-,38-,39?,40?,53?,83?,84?,85?/m1/s1. The Morgan fingerprint density at radius 1 is 0.624 bits per heavy atom. The van der Waals surface area contributed by atoms with E-state index in [4.69, 9.17) is 53.9 Å². The summed E-state index contributed by atoms with van der Waals surface area (Å²) in [6.07, 6.45) is 11.0. The number of hydrogen-bond acceptors (Lipinski definition) is 18. The molecule has 9 aromatic rings. The van der Waals surface area contributed by atoms with Crippen LogP contribution in [0.3, 0.4) is 0 Å². The van der Waals surface area contributed by atoms with E-state index in [-0.39, 0.29) is 47.6 Å². The third-order valence-corrected chi connectivity index (χ3v) is 23.7. The van der Waals surface area contributed by atoms with Crippen molar-refractivity contribution in [3.63, 3.8) is 0 Å². The molecule has 5 fully saturated rings. The normalized spacial score (nSPS) is 26.2. The molecule has 14 rings (SSSR count). The third kappa shape index (κ3) is 11.4. The van der Waals surface area contributed by atoms with Crippen LogP contribution in [0.15, 0.2) is 117 Å². The van der Waals surface area contributed by atoms with Gasteiger partial charge in [-0.2, -0.15) is 13.1 Å². The Morgan fingerprint density at radius 2 is 1.14 bits per heavy atom. The van der Waals surface area contributed by atoms with Gasteiger partial charge in [-0.15, -0.1) is 0 Å². The topological polar surface area (TPSA) is 250 Å². The molecule has 0 amide bonds. The van der Waals surface area contributed by atoms with Crippen LogP contribution < -0.4 is 14.7 Å². The van der Waals surface area contributed by atoms with Crippen LogP contribution in [0.1, 0.15) is 27.2 Å². The van der Waals surface area contributed by atoms with Crippen molar-refractivity contribution in [1.29, 1.82) is 0 Å². The highest BCUT2D eigenvalue weighted by atomic mass is 35.5. The maximum atomic E-state index is 15.1. The molecule has 0 aromatic carbocycles. The molecule has 5 saturated heterocycles. The van der Waals surface area contributed by atoms with Crippen molar-refractivity contribution in [3.05, 3.63) is 109 Å². The Morgan fingerprint density at radius 3 is 1.74 bits per heavy atom. The number of nitrogens with zero attached hydrogens (tertiary/aromatic N) is 12. The number of pyridine rings is 6. The lowest BCUT2D eigenvalue weighted by molar-refractivity contribution is -0.00552. The predicted molar refractivity (Wildman–Crippen MR) is 337 cm³/mol. The summed E-state index contributed by atoms with van der Waals surface area (Å²) in [4.78, 5) is 45.1. The number of anilines is 3. The largest absolute Gasteiger partial charge is 0.377 e. The van der Waals surface area contributed by atoms with Gasteiger partial charge in [-0.1, -0.05) is 11.6 Å². The minimum Gasteiger partial charge on any atom is -0.377 e. The maximum Gasteiger partial charge on any atom is 0.164 e. The number of fused-ring (bicyclic) bond motifs is 3. The lowest BCUT2D eigenvalue weighted by Crippen LogP contribution is -2.56. The van der Waals surface area contributed by atoms with Crippen molar-refractivity contribution < 1.29 is 26.8 Å². The Hall–Kier alpha value is -7.06. The van der Waals surface area contributed by atoms with E-state index in [0.29, 0.717) is 116 Å². The molecular weight excluding hydrogens is 1160 g/mol. The lowest BCUT2D eigenvalue weighted by Gasteiger charge is -2.45. The fourth-order valence-corrected chi connectivity index (χ4v) is 19.6. The first kappa shape index (κ1) is 55.8. The lowest BCUT2D eigenvalue weighted by atomic mass is 10.0. The van der Waals surface area contributed by atoms with E-state index >= 15 is 4.21 Å². The van der Waals surface area contributed by atoms with E-state index in [2.05, 4.69) is 77.5 Å². The van der Waals surface area contributed by atoms with Crippen LogP contribution in [-0.4, -0.2) is 169 Å². The maximum absolute atomic E-state index is 15.1. The van der Waals surface area contributed by atoms with Gasteiger partial charge in [0, 0.05) is 178 Å². The zero-order valence-corrected chi connectivity index (χ0v) is 50.8. The molecule has 21 nitrogen and oxygen atoms in total. The van der Waals surface area contributed by atoms with E-state index in [1.807, 2.05) is 73.2 Å². The van der Waals surface area contributed by atoms with Gasteiger partial charge in [0.15, 0.2) is 17.5 Å². The molecule has 0 spiro atoms. The van der Waals surface area contributed by atoms with Gasteiger partial charge in [0.2, 0.25) is 0 Å². The highest BCUT2D eigenvalue weighted by molar-refractivity contribution is 7.95. The molecule has 25 heteroatoms. The summed E-state index contributed by atoms with van der Waals surface area (Å²) in [6, 6.07) is 23.7. The second-order valence-corrected chi connectivity index (χ2v) is 31.0. The van der Waals surface area contributed by atoms with Gasteiger partial charge in [-0.05, 0) is 87.7 Å². The Bertz CT molecular complexity index is 4460. The second-order valence-electron chi connectivity index (χ2n) is 23.3. The van der Waals surface area contributed by atoms with Crippen LogP contribution in [0.2, 0.25) is 5.15 Å². The summed E-state index contributed by atoms with van der Waals surface area (Å²) in [5.41, 5.74) is 9.40. The first-order valence-corrected chi connectivity index (χ1v) is 35.0. The van der Waals surface area contributed by atoms with Crippen LogP contribution in [-0.2, 0) is 43.4 Å². The van der Waals surface area contributed by atoms with Gasteiger partial charge < -0.3 is 43.9 Å². The van der Waals surface area contributed by atoms with Gasteiger partial charge in [0.05, 0.1) is 85.4 Å². The molecule has 0 radical (unpaired) electrons. The predicted octanol–water partition coefficient (Wildman–Crippen LogP) is 10.2. The summed E-state index contributed by atoms with van der Waals surface area (Å²) < 4.78 is 77.6. The molecular formula is C60H66ClN15O6S3. The monoisotopic (exact) mass is 1220 g/mol. The summed E-state index contributed by atoms with van der Waals surface area (Å²) in [7, 11) is -8.44. The summed E-state index contributed by atoms with van der Waals surface area (Å²) >= 11 is 6.54. The van der Waals surface area contributed by atoms with Gasteiger partial charge in [0.1, 0.15) is 22.1 Å². The van der Waals surface area contributed by atoms with Crippen molar-refractivity contribution in [3.8, 4) is 33.8 Å². The fourth-order valence-electron chi connectivity index (χ4n) is 12.8. The van der Waals surface area contributed by atoms with Crippen LogP contribution in [0.4, 0.5) is 34.5 Å². The van der Waals surface area contributed by atoms with Crippen LogP contribution in [0, 0.1) is 11.8 Å². The fraction of sp³-hybridized carbons (Fsp3) is 0.400. The highest BCUT2D eigenvalue weighted by Gasteiger charge is 2.42. The Labute approximate surface area is 498 Å². The number of aromatic amines is 3. The Kier molecular flexibility index (Phi) is 14.7. The molecule has 4 unspecified atom stereocenters. The minimum absolute atomic E-state index is 0.0188. The molecule has 85 heavy (non-hydrogen) atoms. The van der Waals surface area contributed by atoms with E-state index < -0.39 is 29.2 Å². The molecule has 9 aromatic heterocycles. The molecule has 0 saturated carbocycles. The molecule has 5 aliphatic heterocycles. The van der Waals surface area contributed by atoms with Crippen LogP contribution in [0.5, 0.6) is 0 Å². The molecule has 3 N–H and O–H groups in total. The zero-order chi connectivity index (χ0) is 58.2. The number of rotatable bonds is 12. The molecule has 0 aliphatic carbocycles. The van der Waals surface area contributed by atoms with E-state index in [1.54, 1.807) is 24.7 Å². The van der Waals surface area contributed by atoms with Gasteiger partial charge >= 0.3 is 0 Å². The van der Waals surface area contributed by atoms with Gasteiger partial charge in [-0.3, -0.25) is 0 Å². The minimum atomic E-state index is -2.91. The van der Waals surface area contributed by atoms with Crippen molar-refractivity contribution in [2.24, 2.45) is 24.9 Å². The van der Waals surface area contributed by atoms with Crippen LogP contribution >= 0.6 is 11.6 Å². The van der Waals surface area contributed by atoms with Crippen molar-refractivity contribution in [2.75, 3.05) is 102 Å². The van der Waals surface area contributed by atoms with Gasteiger partial charge in [-0.25, -0.2) is 42.5 Å². The van der Waals surface area contributed by atoms with Crippen molar-refractivity contribution in [2.45, 2.75) is 51.4 Å². The quantitative estimate of drug-likeness (QED) is 0.0963. The number of H-pyrrole nitrogens is 3. The summed E-state index contributed by atoms with van der Waals surface area (Å²) in [6.45, 7) is 11.1. The number of hydrogen-bond donors (Lipinski definition) is 3. The summed E-state index contributed by atoms with van der Waals surface area (Å²) in [5.74, 6) is 2.45. The van der Waals surface area contributed by atoms with Gasteiger partial charge in [0.25, 0.3) is 0 Å². The highest BCUT2D eigenvalue weighted by Crippen LogP contribution is 2.40. The molecule has 5 aliphatic rings. The number of morpholine rings is 3. The molecule has 0 bridgehead atoms. The van der Waals surface area contributed by atoms with E-state index in [0.717, 1.165) is 66.9 Å².